The molecule has 0 saturated carbocycles. The number of carbonyl (C=O) groups is 2. The van der Waals surface area contributed by atoms with E-state index >= 15 is 0 Å². The number of nitrogens with one attached hydrogen (secondary N) is 1. The Morgan fingerprint density at radius 2 is 1.70 bits per heavy atom. The lowest BCUT2D eigenvalue weighted by atomic mass is 10.1. The van der Waals surface area contributed by atoms with Crippen molar-refractivity contribution in [2.75, 3.05) is 24.5 Å². The molecule has 0 unspecified atom stereocenters. The Morgan fingerprint density at radius 1 is 1.00 bits per heavy atom. The molecule has 0 spiro atoms. The Hall–Kier alpha value is -2.56. The topological polar surface area (TPSA) is 56.4 Å². The number of H-pyrrole nitrogens is 1. The van der Waals surface area contributed by atoms with Gasteiger partial charge in [-0.2, -0.15) is 0 Å². The predicted molar refractivity (Wildman–Crippen MR) is 89.7 cm³/mol. The van der Waals surface area contributed by atoms with Crippen LogP contribution in [0.2, 0.25) is 0 Å². The number of benzene rings is 1. The Bertz CT molecular complexity index is 743. The lowest BCUT2D eigenvalue weighted by Crippen LogP contribution is -2.52. The molecule has 1 fully saturated rings. The fraction of sp³-hybridized carbons (Fsp3) is 0.333. The summed E-state index contributed by atoms with van der Waals surface area (Å²) in [4.78, 5) is 31.3. The van der Waals surface area contributed by atoms with Crippen LogP contribution >= 0.6 is 0 Å². The van der Waals surface area contributed by atoms with Crippen LogP contribution in [-0.2, 0) is 4.79 Å². The van der Waals surface area contributed by atoms with Gasteiger partial charge in [0.15, 0.2) is 0 Å². The van der Waals surface area contributed by atoms with Gasteiger partial charge in [0.1, 0.15) is 12.2 Å². The zero-order chi connectivity index (χ0) is 16.6. The van der Waals surface area contributed by atoms with E-state index in [4.69, 9.17) is 0 Å². The summed E-state index contributed by atoms with van der Waals surface area (Å²) >= 11 is 0. The Kier molecular flexibility index (Phi) is 3.94. The fourth-order valence-corrected chi connectivity index (χ4v) is 3.02. The van der Waals surface area contributed by atoms with E-state index < -0.39 is 0 Å². The number of carbonyl (C=O) groups excluding carboxylic acids is 2. The average Bonchev–Trinajstić information content (AvgIpc) is 2.92. The first kappa shape index (κ1) is 15.3. The summed E-state index contributed by atoms with van der Waals surface area (Å²) in [5, 5.41) is 0. The number of rotatable bonds is 2. The van der Waals surface area contributed by atoms with Crippen LogP contribution < -0.4 is 4.90 Å². The lowest BCUT2D eigenvalue weighted by Gasteiger charge is -2.34. The van der Waals surface area contributed by atoms with Crippen LogP contribution in [0.3, 0.4) is 0 Å². The van der Waals surface area contributed by atoms with Crippen LogP contribution in [0.5, 0.6) is 0 Å². The molecule has 1 aromatic carbocycles. The van der Waals surface area contributed by atoms with E-state index in [9.17, 15) is 9.59 Å². The van der Waals surface area contributed by atoms with Gasteiger partial charge in [0.05, 0.1) is 0 Å². The number of aromatic nitrogens is 1. The molecule has 0 aliphatic carbocycles. The monoisotopic (exact) mass is 311 g/mol. The van der Waals surface area contributed by atoms with Gasteiger partial charge < -0.3 is 14.8 Å². The quantitative estimate of drug-likeness (QED) is 0.926. The highest BCUT2D eigenvalue weighted by Gasteiger charge is 2.29. The lowest BCUT2D eigenvalue weighted by molar-refractivity contribution is -0.120. The van der Waals surface area contributed by atoms with Gasteiger partial charge in [-0.3, -0.25) is 9.59 Å². The predicted octanol–water partition coefficient (Wildman–Crippen LogP) is 2.43. The van der Waals surface area contributed by atoms with Gasteiger partial charge in [-0.25, -0.2) is 0 Å². The second-order valence-electron chi connectivity index (χ2n) is 6.21. The van der Waals surface area contributed by atoms with Gasteiger partial charge in [-0.1, -0.05) is 6.07 Å². The normalized spacial score (nSPS) is 15.2. The van der Waals surface area contributed by atoms with Gasteiger partial charge >= 0.3 is 0 Å². The minimum atomic E-state index is -0.119. The number of hydrogen-bond acceptors (Lipinski definition) is 2. The second kappa shape index (κ2) is 5.91. The van der Waals surface area contributed by atoms with Crippen LogP contribution in [0.4, 0.5) is 5.69 Å². The molecule has 2 aromatic rings. The molecule has 1 aromatic heterocycles. The van der Waals surface area contributed by atoms with E-state index in [-0.39, 0.29) is 18.4 Å². The number of nitrogens with zero attached hydrogens (tertiary/aromatic N) is 2. The molecule has 2 heterocycles. The van der Waals surface area contributed by atoms with E-state index in [2.05, 4.69) is 11.1 Å². The van der Waals surface area contributed by atoms with Gasteiger partial charge in [-0.05, 0) is 55.7 Å². The largest absolute Gasteiger partial charge is 0.357 e. The number of aryl methyl sites for hydroxylation is 3. The van der Waals surface area contributed by atoms with Gasteiger partial charge in [-0.15, -0.1) is 0 Å². The summed E-state index contributed by atoms with van der Waals surface area (Å²) in [5.74, 6) is -0.163. The van der Waals surface area contributed by atoms with Crippen molar-refractivity contribution in [1.29, 1.82) is 0 Å². The number of amides is 2. The van der Waals surface area contributed by atoms with Crippen molar-refractivity contribution in [3.8, 4) is 0 Å². The molecule has 1 N–H and O–H groups in total. The molecule has 0 atom stereocenters. The molecule has 0 bridgehead atoms. The van der Waals surface area contributed by atoms with Gasteiger partial charge in [0, 0.05) is 25.0 Å². The third kappa shape index (κ3) is 3.13. The highest BCUT2D eigenvalue weighted by atomic mass is 16.2. The molecule has 5 heteroatoms. The third-order valence-corrected chi connectivity index (χ3v) is 4.08. The molecular formula is C18H21N3O2. The maximum atomic E-state index is 12.5. The summed E-state index contributed by atoms with van der Waals surface area (Å²) in [6.45, 7) is 7.14. The first-order valence-corrected chi connectivity index (χ1v) is 7.77. The molecule has 23 heavy (non-hydrogen) atoms. The minimum Gasteiger partial charge on any atom is -0.357 e. The van der Waals surface area contributed by atoms with E-state index in [0.29, 0.717) is 18.8 Å². The highest BCUT2D eigenvalue weighted by Crippen LogP contribution is 2.21. The van der Waals surface area contributed by atoms with E-state index in [0.717, 1.165) is 22.4 Å². The SMILES string of the molecule is Cc1cc(C)cc(N2CCN(C(=O)c3cc(C)c[nH]3)CC2=O)c1. The number of piperazine rings is 1. The second-order valence-corrected chi connectivity index (χ2v) is 6.21. The molecule has 2 amide bonds. The van der Waals surface area contributed by atoms with Crippen LogP contribution in [-0.4, -0.2) is 41.3 Å². The first-order chi connectivity index (χ1) is 10.9. The number of hydrogen-bond donors (Lipinski definition) is 1. The molecule has 5 nitrogen and oxygen atoms in total. The summed E-state index contributed by atoms with van der Waals surface area (Å²) in [6.07, 6.45) is 1.79. The number of anilines is 1. The van der Waals surface area contributed by atoms with E-state index in [1.165, 1.54) is 0 Å². The Morgan fingerprint density at radius 3 is 2.26 bits per heavy atom. The minimum absolute atomic E-state index is 0.0436. The fourth-order valence-electron chi connectivity index (χ4n) is 3.02. The maximum Gasteiger partial charge on any atom is 0.270 e. The molecule has 3 rings (SSSR count). The summed E-state index contributed by atoms with van der Waals surface area (Å²) < 4.78 is 0. The summed E-state index contributed by atoms with van der Waals surface area (Å²) in [6, 6.07) is 7.91. The van der Waals surface area contributed by atoms with Crippen molar-refractivity contribution >= 4 is 17.5 Å². The van der Waals surface area contributed by atoms with E-state index in [1.807, 2.05) is 39.0 Å². The molecule has 120 valence electrons. The van der Waals surface area contributed by atoms with Crippen LogP contribution in [0.15, 0.2) is 30.5 Å². The van der Waals surface area contributed by atoms with Crippen molar-refractivity contribution in [1.82, 2.24) is 9.88 Å². The van der Waals surface area contributed by atoms with Gasteiger partial charge in [0.2, 0.25) is 5.91 Å². The molecular weight excluding hydrogens is 290 g/mol. The summed E-state index contributed by atoms with van der Waals surface area (Å²) in [5.41, 5.74) is 4.72. The molecule has 1 aliphatic rings. The summed E-state index contributed by atoms with van der Waals surface area (Å²) in [7, 11) is 0. The highest BCUT2D eigenvalue weighted by molar-refractivity contribution is 6.01. The van der Waals surface area contributed by atoms with Gasteiger partial charge in [0.25, 0.3) is 5.91 Å². The zero-order valence-electron chi connectivity index (χ0n) is 13.7. The van der Waals surface area contributed by atoms with Crippen LogP contribution in [0.1, 0.15) is 27.2 Å². The van der Waals surface area contributed by atoms with Crippen molar-refractivity contribution in [2.24, 2.45) is 0 Å². The smallest absolute Gasteiger partial charge is 0.270 e. The average molecular weight is 311 g/mol. The molecule has 1 saturated heterocycles. The molecule has 0 radical (unpaired) electrons. The van der Waals surface area contributed by atoms with Crippen LogP contribution in [0.25, 0.3) is 0 Å². The number of aromatic amines is 1. The maximum absolute atomic E-state index is 12.5. The molecule has 1 aliphatic heterocycles. The Balaban J connectivity index is 1.74. The van der Waals surface area contributed by atoms with Crippen molar-refractivity contribution in [2.45, 2.75) is 20.8 Å². The van der Waals surface area contributed by atoms with Crippen molar-refractivity contribution < 1.29 is 9.59 Å². The van der Waals surface area contributed by atoms with E-state index in [1.54, 1.807) is 16.0 Å². The van der Waals surface area contributed by atoms with Crippen molar-refractivity contribution in [3.05, 3.63) is 52.8 Å². The Labute approximate surface area is 135 Å². The zero-order valence-corrected chi connectivity index (χ0v) is 13.7. The first-order valence-electron chi connectivity index (χ1n) is 7.77. The van der Waals surface area contributed by atoms with Crippen LogP contribution in [0, 0.1) is 20.8 Å². The standard InChI is InChI=1S/C18H21N3O2/c1-12-6-13(2)8-15(7-12)21-5-4-20(11-17(21)22)18(23)16-9-14(3)10-19-16/h6-10,19H,4-5,11H2,1-3H3. The third-order valence-electron chi connectivity index (χ3n) is 4.08. The van der Waals surface area contributed by atoms with Crippen molar-refractivity contribution in [3.63, 3.8) is 0 Å².